The van der Waals surface area contributed by atoms with E-state index >= 15 is 0 Å². The van der Waals surface area contributed by atoms with Crippen molar-refractivity contribution in [2.45, 2.75) is 16.7 Å². The normalized spacial score (nSPS) is 12.5. The Morgan fingerprint density at radius 3 is 2.71 bits per heavy atom. The van der Waals surface area contributed by atoms with E-state index in [1.807, 2.05) is 37.5 Å². The molecule has 0 aliphatic heterocycles. The van der Waals surface area contributed by atoms with Crippen molar-refractivity contribution in [3.63, 3.8) is 0 Å². The minimum absolute atomic E-state index is 0.674. The van der Waals surface area contributed by atoms with E-state index < -0.39 is 0 Å². The van der Waals surface area contributed by atoms with Crippen LogP contribution in [0.3, 0.4) is 0 Å². The van der Waals surface area contributed by atoms with Crippen LogP contribution in [0.4, 0.5) is 0 Å². The van der Waals surface area contributed by atoms with Gasteiger partial charge in [-0.2, -0.15) is 0 Å². The lowest BCUT2D eigenvalue weighted by molar-refractivity contribution is 1.26. The summed E-state index contributed by atoms with van der Waals surface area (Å²) < 4.78 is 0. The largest absolute Gasteiger partial charge is 0.398 e. The van der Waals surface area contributed by atoms with Gasteiger partial charge in [0.15, 0.2) is 0 Å². The van der Waals surface area contributed by atoms with Gasteiger partial charge in [-0.1, -0.05) is 30.0 Å². The maximum atomic E-state index is 6.10. The van der Waals surface area contributed by atoms with Crippen molar-refractivity contribution in [1.29, 1.82) is 0 Å². The Bertz CT molecular complexity index is 803. The second-order valence-electron chi connectivity index (χ2n) is 4.68. The Labute approximate surface area is 133 Å². The predicted octanol–water partition coefficient (Wildman–Crippen LogP) is 4.29. The molecule has 0 saturated heterocycles. The number of nitrogens with zero attached hydrogens (tertiary/aromatic N) is 1. The Morgan fingerprint density at radius 2 is 2.00 bits per heavy atom. The molecular formula is C16H15N3S2. The number of nitrogens with two attached hydrogens (primary N) is 1. The van der Waals surface area contributed by atoms with Gasteiger partial charge in [-0.25, -0.2) is 4.98 Å². The number of allylic oxidation sites excluding steroid dienone is 1. The Kier molecular flexibility index (Phi) is 3.94. The summed E-state index contributed by atoms with van der Waals surface area (Å²) in [5.41, 5.74) is 8.55. The minimum atomic E-state index is 0.674. The molecule has 0 amide bonds. The van der Waals surface area contributed by atoms with E-state index in [-0.39, 0.29) is 0 Å². The lowest BCUT2D eigenvalue weighted by Gasteiger charge is -2.04. The molecule has 3 N–H and O–H groups in total. The fourth-order valence-electron chi connectivity index (χ4n) is 2.08. The first kappa shape index (κ1) is 14.1. The van der Waals surface area contributed by atoms with Crippen LogP contribution in [0.2, 0.25) is 0 Å². The van der Waals surface area contributed by atoms with Gasteiger partial charge in [0.1, 0.15) is 5.65 Å². The third-order valence-corrected chi connectivity index (χ3v) is 4.37. The third kappa shape index (κ3) is 2.94. The number of pyridine rings is 1. The summed E-state index contributed by atoms with van der Waals surface area (Å²) in [6.07, 6.45) is 3.75. The number of benzene rings is 1. The van der Waals surface area contributed by atoms with Crippen molar-refractivity contribution >= 4 is 41.1 Å². The summed E-state index contributed by atoms with van der Waals surface area (Å²) in [5.74, 6) is 0. The fraction of sp³-hybridized carbons (Fsp3) is 0.0625. The summed E-state index contributed by atoms with van der Waals surface area (Å²) in [6.45, 7) is 1.88. The van der Waals surface area contributed by atoms with E-state index in [1.165, 1.54) is 4.90 Å². The molecule has 0 aliphatic carbocycles. The van der Waals surface area contributed by atoms with Crippen LogP contribution >= 0.6 is 24.4 Å². The molecule has 3 rings (SSSR count). The molecule has 0 atom stereocenters. The van der Waals surface area contributed by atoms with E-state index in [0.717, 1.165) is 26.4 Å². The van der Waals surface area contributed by atoms with Crippen LogP contribution in [0.5, 0.6) is 0 Å². The van der Waals surface area contributed by atoms with Crippen LogP contribution in [-0.2, 0) is 0 Å². The summed E-state index contributed by atoms with van der Waals surface area (Å²) in [5, 5.41) is 1.02. The highest BCUT2D eigenvalue weighted by molar-refractivity contribution is 7.99. The van der Waals surface area contributed by atoms with E-state index in [4.69, 9.17) is 5.73 Å². The first-order valence-electron chi connectivity index (χ1n) is 6.51. The Hall–Kier alpha value is -1.85. The molecule has 2 heterocycles. The van der Waals surface area contributed by atoms with Crippen molar-refractivity contribution in [2.75, 3.05) is 0 Å². The van der Waals surface area contributed by atoms with Gasteiger partial charge in [-0.15, -0.1) is 12.6 Å². The lowest BCUT2D eigenvalue weighted by atomic mass is 10.1. The number of hydrogen-bond acceptors (Lipinski definition) is 4. The van der Waals surface area contributed by atoms with E-state index in [1.54, 1.807) is 11.8 Å². The molecule has 106 valence electrons. The molecule has 5 heteroatoms. The van der Waals surface area contributed by atoms with Crippen LogP contribution in [0.15, 0.2) is 63.5 Å². The van der Waals surface area contributed by atoms with Crippen molar-refractivity contribution < 1.29 is 0 Å². The Balaban J connectivity index is 2.03. The molecule has 0 fully saturated rings. The Morgan fingerprint density at radius 1 is 1.24 bits per heavy atom. The molecule has 0 unspecified atom stereocenters. The van der Waals surface area contributed by atoms with Crippen molar-refractivity contribution in [3.05, 3.63) is 59.3 Å². The van der Waals surface area contributed by atoms with Gasteiger partial charge in [0.2, 0.25) is 0 Å². The molecule has 21 heavy (non-hydrogen) atoms. The number of thiol groups is 1. The number of hydrogen-bond donors (Lipinski definition) is 3. The molecule has 0 radical (unpaired) electrons. The van der Waals surface area contributed by atoms with Gasteiger partial charge < -0.3 is 10.7 Å². The van der Waals surface area contributed by atoms with E-state index in [0.29, 0.717) is 5.70 Å². The highest BCUT2D eigenvalue weighted by Crippen LogP contribution is 2.31. The van der Waals surface area contributed by atoms with Crippen molar-refractivity contribution in [3.8, 4) is 0 Å². The highest BCUT2D eigenvalue weighted by Gasteiger charge is 2.10. The smallest absolute Gasteiger partial charge is 0.137 e. The maximum absolute atomic E-state index is 6.10. The van der Waals surface area contributed by atoms with Gasteiger partial charge in [-0.05, 0) is 25.1 Å². The standard InChI is InChI=1S/C16H15N3S2/c1-10(20)15(17)14-9-19-16-13(14)7-12(8-18-16)21-11-5-3-2-4-6-11/h2-9,20H,17H2,1H3,(H,18,19)/b15-10-. The SMILES string of the molecule is C/C(S)=C(/N)c1c[nH]c2ncc(Sc3ccccc3)cc12. The number of nitrogens with one attached hydrogen (secondary N) is 1. The van der Waals surface area contributed by atoms with Gasteiger partial charge in [0.05, 0.1) is 5.70 Å². The molecule has 3 nitrogen and oxygen atoms in total. The molecule has 2 aromatic heterocycles. The molecule has 0 aliphatic rings. The molecule has 3 aromatic rings. The van der Waals surface area contributed by atoms with Gasteiger partial charge >= 0.3 is 0 Å². The second-order valence-corrected chi connectivity index (χ2v) is 6.50. The average molecular weight is 313 g/mol. The van der Waals surface area contributed by atoms with Gasteiger partial charge in [0.25, 0.3) is 0 Å². The second kappa shape index (κ2) is 5.87. The lowest BCUT2D eigenvalue weighted by Crippen LogP contribution is -1.96. The summed E-state index contributed by atoms with van der Waals surface area (Å²) in [6, 6.07) is 12.3. The highest BCUT2D eigenvalue weighted by atomic mass is 32.2. The summed E-state index contributed by atoms with van der Waals surface area (Å²) >= 11 is 6.01. The monoisotopic (exact) mass is 313 g/mol. The number of H-pyrrole nitrogens is 1. The molecule has 0 spiro atoms. The first-order valence-corrected chi connectivity index (χ1v) is 7.77. The van der Waals surface area contributed by atoms with E-state index in [2.05, 4.69) is 40.8 Å². The molecular weight excluding hydrogens is 298 g/mol. The van der Waals surface area contributed by atoms with Gasteiger partial charge in [-0.3, -0.25) is 0 Å². The van der Waals surface area contributed by atoms with Gasteiger partial charge in [0, 0.05) is 38.0 Å². The fourth-order valence-corrected chi connectivity index (χ4v) is 3.05. The molecule has 1 aromatic carbocycles. The topological polar surface area (TPSA) is 54.7 Å². The zero-order chi connectivity index (χ0) is 14.8. The quantitative estimate of drug-likeness (QED) is 0.632. The number of rotatable bonds is 3. The molecule has 0 saturated carbocycles. The van der Waals surface area contributed by atoms with Crippen LogP contribution in [0.1, 0.15) is 12.5 Å². The molecule has 0 bridgehead atoms. The number of aromatic amines is 1. The van der Waals surface area contributed by atoms with Crippen molar-refractivity contribution in [2.24, 2.45) is 5.73 Å². The van der Waals surface area contributed by atoms with Crippen LogP contribution in [-0.4, -0.2) is 9.97 Å². The summed E-state index contributed by atoms with van der Waals surface area (Å²) in [7, 11) is 0. The number of fused-ring (bicyclic) bond motifs is 1. The maximum Gasteiger partial charge on any atom is 0.137 e. The van der Waals surface area contributed by atoms with Crippen LogP contribution in [0, 0.1) is 0 Å². The number of aromatic nitrogens is 2. The average Bonchev–Trinajstić information content (AvgIpc) is 2.90. The zero-order valence-electron chi connectivity index (χ0n) is 11.5. The van der Waals surface area contributed by atoms with E-state index in [9.17, 15) is 0 Å². The van der Waals surface area contributed by atoms with Crippen LogP contribution < -0.4 is 5.73 Å². The van der Waals surface area contributed by atoms with Crippen molar-refractivity contribution in [1.82, 2.24) is 9.97 Å². The summed E-state index contributed by atoms with van der Waals surface area (Å²) in [4.78, 5) is 10.7. The third-order valence-electron chi connectivity index (χ3n) is 3.16. The predicted molar refractivity (Wildman–Crippen MR) is 92.4 cm³/mol. The first-order chi connectivity index (χ1) is 10.1. The zero-order valence-corrected chi connectivity index (χ0v) is 13.2. The minimum Gasteiger partial charge on any atom is -0.398 e. The van der Waals surface area contributed by atoms with Crippen LogP contribution in [0.25, 0.3) is 16.7 Å².